The van der Waals surface area contributed by atoms with E-state index in [0.29, 0.717) is 6.42 Å². The maximum Gasteiger partial charge on any atom is 0.337 e. The second-order valence-corrected chi connectivity index (χ2v) is 4.99. The molecule has 0 bridgehead atoms. The van der Waals surface area contributed by atoms with Gasteiger partial charge in [0.1, 0.15) is 0 Å². The zero-order valence-electron chi connectivity index (χ0n) is 11.6. The molecule has 0 aliphatic rings. The lowest BCUT2D eigenvalue weighted by molar-refractivity contribution is -0.161. The third-order valence-electron chi connectivity index (χ3n) is 3.14. The molecule has 0 saturated carbocycles. The van der Waals surface area contributed by atoms with Gasteiger partial charge >= 0.3 is 5.97 Å². The average Bonchev–Trinajstić information content (AvgIpc) is 2.31. The molecule has 1 N–H and O–H groups in total. The maximum atomic E-state index is 11.2. The average molecular weight is 244 g/mol. The van der Waals surface area contributed by atoms with Gasteiger partial charge in [-0.2, -0.15) is 0 Å². The highest BCUT2D eigenvalue weighted by Crippen LogP contribution is 2.17. The number of esters is 1. The molecule has 0 radical (unpaired) electrons. The van der Waals surface area contributed by atoms with E-state index in [2.05, 4.69) is 11.7 Å². The second-order valence-electron chi connectivity index (χ2n) is 4.99. The summed E-state index contributed by atoms with van der Waals surface area (Å²) >= 11 is 0. The van der Waals surface area contributed by atoms with Crippen LogP contribution in [-0.4, -0.2) is 23.8 Å². The number of ether oxygens (including phenoxy) is 1. The molecule has 0 amide bonds. The first-order valence-electron chi connectivity index (χ1n) is 6.85. The van der Waals surface area contributed by atoms with Gasteiger partial charge in [-0.15, -0.1) is 0 Å². The van der Waals surface area contributed by atoms with E-state index >= 15 is 0 Å². The lowest BCUT2D eigenvalue weighted by Crippen LogP contribution is -2.35. The van der Waals surface area contributed by atoms with Gasteiger partial charge < -0.3 is 9.84 Å². The summed E-state index contributed by atoms with van der Waals surface area (Å²) in [6.07, 6.45) is 10.2. The van der Waals surface area contributed by atoms with Gasteiger partial charge in [-0.3, -0.25) is 0 Å². The molecule has 0 aromatic heterocycles. The fourth-order valence-corrected chi connectivity index (χ4v) is 1.93. The number of aliphatic hydroxyl groups is 1. The van der Waals surface area contributed by atoms with E-state index in [1.807, 2.05) is 0 Å². The molecule has 17 heavy (non-hydrogen) atoms. The highest BCUT2D eigenvalue weighted by atomic mass is 16.5. The molecule has 3 nitrogen and oxygen atoms in total. The van der Waals surface area contributed by atoms with Crippen LogP contribution in [0.4, 0.5) is 0 Å². The van der Waals surface area contributed by atoms with Crippen molar-refractivity contribution in [1.82, 2.24) is 0 Å². The molecule has 0 fully saturated rings. The standard InChI is InChI=1S/C14H28O3/c1-4-5-6-7-8-9-10-11-12-14(2,16)13(15)17-3/h16H,4-12H2,1-3H3. The molecule has 0 aliphatic carbocycles. The second kappa shape index (κ2) is 9.46. The Morgan fingerprint density at radius 1 is 1.06 bits per heavy atom. The summed E-state index contributed by atoms with van der Waals surface area (Å²) in [5.74, 6) is -0.527. The van der Waals surface area contributed by atoms with Gasteiger partial charge in [-0.05, 0) is 19.8 Å². The molecule has 3 heteroatoms. The van der Waals surface area contributed by atoms with E-state index in [9.17, 15) is 9.90 Å². The van der Waals surface area contributed by atoms with Gasteiger partial charge in [0.05, 0.1) is 7.11 Å². The van der Waals surface area contributed by atoms with Gasteiger partial charge in [0.2, 0.25) is 0 Å². The van der Waals surface area contributed by atoms with Gasteiger partial charge in [0, 0.05) is 0 Å². The molecule has 0 aromatic rings. The minimum Gasteiger partial charge on any atom is -0.467 e. The zero-order valence-corrected chi connectivity index (χ0v) is 11.6. The Bertz CT molecular complexity index is 200. The molecular weight excluding hydrogens is 216 g/mol. The number of hydrogen-bond acceptors (Lipinski definition) is 3. The summed E-state index contributed by atoms with van der Waals surface area (Å²) < 4.78 is 4.55. The fourth-order valence-electron chi connectivity index (χ4n) is 1.93. The Hall–Kier alpha value is -0.570. The van der Waals surface area contributed by atoms with Crippen molar-refractivity contribution >= 4 is 5.97 Å². The van der Waals surface area contributed by atoms with Gasteiger partial charge in [0.15, 0.2) is 5.60 Å². The van der Waals surface area contributed by atoms with Crippen molar-refractivity contribution < 1.29 is 14.6 Å². The van der Waals surface area contributed by atoms with E-state index in [-0.39, 0.29) is 0 Å². The van der Waals surface area contributed by atoms with Crippen LogP contribution < -0.4 is 0 Å². The van der Waals surface area contributed by atoms with E-state index in [1.165, 1.54) is 52.6 Å². The van der Waals surface area contributed by atoms with Crippen LogP contribution in [0, 0.1) is 0 Å². The summed E-state index contributed by atoms with van der Waals surface area (Å²) in [4.78, 5) is 11.2. The van der Waals surface area contributed by atoms with E-state index < -0.39 is 11.6 Å². The van der Waals surface area contributed by atoms with Crippen molar-refractivity contribution in [2.24, 2.45) is 0 Å². The van der Waals surface area contributed by atoms with Crippen molar-refractivity contribution in [2.75, 3.05) is 7.11 Å². The first kappa shape index (κ1) is 16.4. The summed E-state index contributed by atoms with van der Waals surface area (Å²) in [5, 5.41) is 9.78. The number of unbranched alkanes of at least 4 members (excludes halogenated alkanes) is 7. The lowest BCUT2D eigenvalue weighted by atomic mass is 9.97. The monoisotopic (exact) mass is 244 g/mol. The SMILES string of the molecule is CCCCCCCCCCC(C)(O)C(=O)OC. The topological polar surface area (TPSA) is 46.5 Å². The van der Waals surface area contributed by atoms with Gasteiger partial charge in [-0.25, -0.2) is 4.79 Å². The number of rotatable bonds is 10. The van der Waals surface area contributed by atoms with Gasteiger partial charge in [-0.1, -0.05) is 51.9 Å². The van der Waals surface area contributed by atoms with Crippen LogP contribution in [0.25, 0.3) is 0 Å². The quantitative estimate of drug-likeness (QED) is 0.473. The summed E-state index contributed by atoms with van der Waals surface area (Å²) in [6, 6.07) is 0. The highest BCUT2D eigenvalue weighted by Gasteiger charge is 2.30. The maximum absolute atomic E-state index is 11.2. The van der Waals surface area contributed by atoms with Crippen LogP contribution in [-0.2, 0) is 9.53 Å². The normalized spacial score (nSPS) is 14.4. The molecule has 0 aromatic carbocycles. The van der Waals surface area contributed by atoms with Gasteiger partial charge in [0.25, 0.3) is 0 Å². The van der Waals surface area contributed by atoms with Crippen LogP contribution in [0.2, 0.25) is 0 Å². The summed E-state index contributed by atoms with van der Waals surface area (Å²) in [7, 11) is 1.31. The molecule has 1 atom stereocenters. The first-order chi connectivity index (χ1) is 8.04. The minimum atomic E-state index is -1.31. The lowest BCUT2D eigenvalue weighted by Gasteiger charge is -2.19. The minimum absolute atomic E-state index is 0.495. The largest absolute Gasteiger partial charge is 0.467 e. The Morgan fingerprint density at radius 3 is 2.00 bits per heavy atom. The van der Waals surface area contributed by atoms with Crippen LogP contribution in [0.1, 0.15) is 71.6 Å². The molecule has 0 spiro atoms. The van der Waals surface area contributed by atoms with Crippen molar-refractivity contribution in [3.63, 3.8) is 0 Å². The molecule has 0 saturated heterocycles. The van der Waals surface area contributed by atoms with Crippen LogP contribution in [0.5, 0.6) is 0 Å². The van der Waals surface area contributed by atoms with E-state index in [0.717, 1.165) is 12.8 Å². The molecule has 0 rings (SSSR count). The molecule has 1 unspecified atom stereocenters. The summed E-state index contributed by atoms with van der Waals surface area (Å²) in [6.45, 7) is 3.75. The van der Waals surface area contributed by atoms with Crippen molar-refractivity contribution in [3.8, 4) is 0 Å². The molecule has 0 aliphatic heterocycles. The van der Waals surface area contributed by atoms with Crippen LogP contribution in [0.15, 0.2) is 0 Å². The summed E-state index contributed by atoms with van der Waals surface area (Å²) in [5.41, 5.74) is -1.31. The first-order valence-corrected chi connectivity index (χ1v) is 6.85. The molecule has 102 valence electrons. The Labute approximate surface area is 106 Å². The highest BCUT2D eigenvalue weighted by molar-refractivity contribution is 5.78. The van der Waals surface area contributed by atoms with E-state index in [4.69, 9.17) is 0 Å². The molecule has 0 heterocycles. The Balaban J connectivity index is 3.42. The van der Waals surface area contributed by atoms with Crippen molar-refractivity contribution in [1.29, 1.82) is 0 Å². The number of carbonyl (C=O) groups excluding carboxylic acids is 1. The zero-order chi connectivity index (χ0) is 13.1. The smallest absolute Gasteiger partial charge is 0.337 e. The van der Waals surface area contributed by atoms with Crippen molar-refractivity contribution in [3.05, 3.63) is 0 Å². The predicted octanol–water partition coefficient (Wildman–Crippen LogP) is 3.44. The predicted molar refractivity (Wildman–Crippen MR) is 69.9 cm³/mol. The fraction of sp³-hybridized carbons (Fsp3) is 0.929. The number of methoxy groups -OCH3 is 1. The van der Waals surface area contributed by atoms with Crippen LogP contribution >= 0.6 is 0 Å². The Kier molecular flexibility index (Phi) is 9.14. The third-order valence-corrected chi connectivity index (χ3v) is 3.14. The van der Waals surface area contributed by atoms with E-state index in [1.54, 1.807) is 0 Å². The van der Waals surface area contributed by atoms with Crippen molar-refractivity contribution in [2.45, 2.75) is 77.2 Å². The Morgan fingerprint density at radius 2 is 1.53 bits per heavy atom. The number of carbonyl (C=O) groups is 1. The number of hydrogen-bond donors (Lipinski definition) is 1. The molecular formula is C14H28O3. The van der Waals surface area contributed by atoms with Crippen LogP contribution in [0.3, 0.4) is 0 Å². The third kappa shape index (κ3) is 8.19.